The first-order valence-corrected chi connectivity index (χ1v) is 10.9. The second kappa shape index (κ2) is 11.8. The Balaban J connectivity index is 1.77. The number of nitrogens with zero attached hydrogens (tertiary/aromatic N) is 1. The van der Waals surface area contributed by atoms with Gasteiger partial charge in [-0.15, -0.1) is 0 Å². The molecule has 0 bridgehead atoms. The zero-order valence-electron chi connectivity index (χ0n) is 17.1. The summed E-state index contributed by atoms with van der Waals surface area (Å²) in [6, 6.07) is 0. The van der Waals surface area contributed by atoms with Crippen LogP contribution in [0, 0.1) is 17.3 Å². The summed E-state index contributed by atoms with van der Waals surface area (Å²) in [5.41, 5.74) is 0.0223. The third-order valence-corrected chi connectivity index (χ3v) is 6.23. The molecule has 0 aromatic heterocycles. The van der Waals surface area contributed by atoms with Crippen molar-refractivity contribution in [3.05, 3.63) is 0 Å². The molecular formula is C21H41N3O2. The van der Waals surface area contributed by atoms with E-state index in [2.05, 4.69) is 24.5 Å². The van der Waals surface area contributed by atoms with Crippen molar-refractivity contribution in [2.75, 3.05) is 39.5 Å². The smallest absolute Gasteiger partial charge is 0.191 e. The Hall–Kier alpha value is -0.810. The molecule has 0 spiro atoms. The van der Waals surface area contributed by atoms with Crippen LogP contribution in [0.1, 0.15) is 71.6 Å². The van der Waals surface area contributed by atoms with Crippen LogP contribution in [0.2, 0.25) is 0 Å². The number of nitrogens with one attached hydrogen (secondary N) is 2. The van der Waals surface area contributed by atoms with Gasteiger partial charge in [0.2, 0.25) is 0 Å². The minimum absolute atomic E-state index is 0.0223. The molecule has 5 heteroatoms. The minimum Gasteiger partial charge on any atom is -0.396 e. The number of aliphatic hydroxyl groups is 1. The van der Waals surface area contributed by atoms with Crippen LogP contribution in [0.15, 0.2) is 4.99 Å². The Morgan fingerprint density at radius 1 is 1.15 bits per heavy atom. The van der Waals surface area contributed by atoms with Gasteiger partial charge in [-0.1, -0.05) is 39.0 Å². The molecule has 1 saturated heterocycles. The van der Waals surface area contributed by atoms with Gasteiger partial charge < -0.3 is 20.5 Å². The Morgan fingerprint density at radius 3 is 2.54 bits per heavy atom. The lowest BCUT2D eigenvalue weighted by Crippen LogP contribution is -2.41. The van der Waals surface area contributed by atoms with Crippen LogP contribution < -0.4 is 10.6 Å². The maximum absolute atomic E-state index is 9.37. The van der Waals surface area contributed by atoms with Crippen LogP contribution in [0.5, 0.6) is 0 Å². The van der Waals surface area contributed by atoms with Crippen LogP contribution >= 0.6 is 0 Å². The predicted molar refractivity (Wildman–Crippen MR) is 109 cm³/mol. The van der Waals surface area contributed by atoms with Crippen molar-refractivity contribution in [1.29, 1.82) is 0 Å². The van der Waals surface area contributed by atoms with E-state index < -0.39 is 0 Å². The van der Waals surface area contributed by atoms with Gasteiger partial charge in [0.15, 0.2) is 5.96 Å². The highest BCUT2D eigenvalue weighted by molar-refractivity contribution is 5.79. The Bertz CT molecular complexity index is 400. The summed E-state index contributed by atoms with van der Waals surface area (Å²) in [5, 5.41) is 16.3. The summed E-state index contributed by atoms with van der Waals surface area (Å²) in [4.78, 5) is 4.83. The lowest BCUT2D eigenvalue weighted by Gasteiger charge is -2.29. The highest BCUT2D eigenvalue weighted by atomic mass is 16.5. The highest BCUT2D eigenvalue weighted by Crippen LogP contribution is 2.33. The van der Waals surface area contributed by atoms with Gasteiger partial charge in [-0.3, -0.25) is 4.99 Å². The summed E-state index contributed by atoms with van der Waals surface area (Å²) >= 11 is 0. The molecule has 2 aliphatic rings. The van der Waals surface area contributed by atoms with Gasteiger partial charge in [-0.05, 0) is 44.4 Å². The maximum atomic E-state index is 9.37. The molecular weight excluding hydrogens is 326 g/mol. The van der Waals surface area contributed by atoms with Crippen LogP contribution in [0.3, 0.4) is 0 Å². The second-order valence-corrected chi connectivity index (χ2v) is 8.38. The lowest BCUT2D eigenvalue weighted by atomic mass is 9.80. The van der Waals surface area contributed by atoms with Crippen LogP contribution in [0.25, 0.3) is 0 Å². The monoisotopic (exact) mass is 367 g/mol. The van der Waals surface area contributed by atoms with Crippen molar-refractivity contribution in [1.82, 2.24) is 10.6 Å². The Morgan fingerprint density at radius 2 is 1.92 bits per heavy atom. The van der Waals surface area contributed by atoms with E-state index in [1.165, 1.54) is 44.9 Å². The minimum atomic E-state index is 0.0223. The van der Waals surface area contributed by atoms with Gasteiger partial charge in [0, 0.05) is 31.7 Å². The summed E-state index contributed by atoms with van der Waals surface area (Å²) in [7, 11) is 0. The van der Waals surface area contributed by atoms with E-state index in [-0.39, 0.29) is 12.0 Å². The molecule has 0 aromatic carbocycles. The number of hydrogen-bond acceptors (Lipinski definition) is 3. The van der Waals surface area contributed by atoms with E-state index in [0.717, 1.165) is 63.5 Å². The topological polar surface area (TPSA) is 65.9 Å². The molecule has 1 unspecified atom stereocenters. The summed E-state index contributed by atoms with van der Waals surface area (Å²) < 4.78 is 5.58. The molecule has 1 atom stereocenters. The van der Waals surface area contributed by atoms with Gasteiger partial charge >= 0.3 is 0 Å². The summed E-state index contributed by atoms with van der Waals surface area (Å²) in [6.45, 7) is 8.75. The number of aliphatic imine (C=N–C) groups is 1. The van der Waals surface area contributed by atoms with Gasteiger partial charge in [0.05, 0.1) is 13.2 Å². The van der Waals surface area contributed by atoms with Crippen molar-refractivity contribution in [3.63, 3.8) is 0 Å². The first-order chi connectivity index (χ1) is 12.7. The van der Waals surface area contributed by atoms with E-state index in [9.17, 15) is 5.11 Å². The van der Waals surface area contributed by atoms with Gasteiger partial charge in [0.1, 0.15) is 0 Å². The Kier molecular flexibility index (Phi) is 9.76. The zero-order valence-corrected chi connectivity index (χ0v) is 17.1. The molecule has 0 aromatic rings. The molecule has 3 N–H and O–H groups in total. The van der Waals surface area contributed by atoms with Crippen LogP contribution in [-0.4, -0.2) is 50.5 Å². The molecule has 26 heavy (non-hydrogen) atoms. The van der Waals surface area contributed by atoms with E-state index >= 15 is 0 Å². The van der Waals surface area contributed by atoms with E-state index in [1.807, 2.05) is 0 Å². The fourth-order valence-electron chi connectivity index (χ4n) is 4.33. The number of guanidine groups is 1. The molecule has 1 aliphatic heterocycles. The van der Waals surface area contributed by atoms with Crippen LogP contribution in [-0.2, 0) is 4.74 Å². The van der Waals surface area contributed by atoms with Crippen molar-refractivity contribution in [3.8, 4) is 0 Å². The number of aliphatic hydroxyl groups excluding tert-OH is 1. The van der Waals surface area contributed by atoms with E-state index in [1.54, 1.807) is 0 Å². The maximum Gasteiger partial charge on any atom is 0.191 e. The number of rotatable bonds is 10. The predicted octanol–water partition coefficient (Wildman–Crippen LogP) is 3.33. The van der Waals surface area contributed by atoms with Gasteiger partial charge in [0.25, 0.3) is 0 Å². The van der Waals surface area contributed by atoms with E-state index in [0.29, 0.717) is 0 Å². The van der Waals surface area contributed by atoms with Crippen LogP contribution in [0.4, 0.5) is 0 Å². The molecule has 1 saturated carbocycles. The molecule has 1 aliphatic carbocycles. The number of hydrogen-bond donors (Lipinski definition) is 3. The van der Waals surface area contributed by atoms with Crippen molar-refractivity contribution < 1.29 is 9.84 Å². The van der Waals surface area contributed by atoms with Crippen molar-refractivity contribution in [2.45, 2.75) is 71.6 Å². The first-order valence-electron chi connectivity index (χ1n) is 10.9. The molecule has 2 rings (SSSR count). The Labute approximate surface area is 160 Å². The van der Waals surface area contributed by atoms with E-state index in [4.69, 9.17) is 9.73 Å². The van der Waals surface area contributed by atoms with Crippen molar-refractivity contribution >= 4 is 5.96 Å². The zero-order chi connectivity index (χ0) is 18.7. The summed E-state index contributed by atoms with van der Waals surface area (Å²) in [6.07, 6.45) is 11.4. The average Bonchev–Trinajstić information content (AvgIpc) is 3.12. The first kappa shape index (κ1) is 21.5. The lowest BCUT2D eigenvalue weighted by molar-refractivity contribution is 0.131. The number of ether oxygens (including phenoxy) is 1. The molecule has 1 heterocycles. The molecule has 0 amide bonds. The highest BCUT2D eigenvalue weighted by Gasteiger charge is 2.34. The normalized spacial score (nSPS) is 29.7. The van der Waals surface area contributed by atoms with Gasteiger partial charge in [-0.2, -0.15) is 0 Å². The molecule has 5 nitrogen and oxygen atoms in total. The second-order valence-electron chi connectivity index (χ2n) is 8.38. The summed E-state index contributed by atoms with van der Waals surface area (Å²) in [5.74, 6) is 2.66. The third kappa shape index (κ3) is 7.07. The van der Waals surface area contributed by atoms with Gasteiger partial charge in [-0.25, -0.2) is 0 Å². The quantitative estimate of drug-likeness (QED) is 0.409. The molecule has 2 fully saturated rings. The third-order valence-electron chi connectivity index (χ3n) is 6.23. The van der Waals surface area contributed by atoms with Crippen molar-refractivity contribution in [2.24, 2.45) is 22.2 Å². The fourth-order valence-corrected chi connectivity index (χ4v) is 4.33. The fraction of sp³-hybridized carbons (Fsp3) is 0.952. The molecule has 152 valence electrons. The SMILES string of the molecule is CCCCC1CCC(CNC(=NCC2(CCO)CCOC2)NCC)CC1. The molecule has 0 radical (unpaired) electrons. The standard InChI is InChI=1S/C21H41N3O2/c1-3-5-6-18-7-9-19(10-8-18)15-23-20(22-4-2)24-16-21(11-13-25)12-14-26-17-21/h18-19,25H,3-17H2,1-2H3,(H2,22,23,24). The number of unbranched alkanes of at least 4 members (excludes halogenated alkanes) is 1. The largest absolute Gasteiger partial charge is 0.396 e. The average molecular weight is 368 g/mol.